The van der Waals surface area contributed by atoms with E-state index in [0.29, 0.717) is 12.0 Å². The van der Waals surface area contributed by atoms with Gasteiger partial charge in [0.1, 0.15) is 11.2 Å². The van der Waals surface area contributed by atoms with Gasteiger partial charge in [-0.3, -0.25) is 9.98 Å². The molecule has 0 aliphatic heterocycles. The van der Waals surface area contributed by atoms with E-state index in [1.54, 1.807) is 34.7 Å². The van der Waals surface area contributed by atoms with Crippen molar-refractivity contribution in [3.8, 4) is 5.13 Å². The first-order valence-electron chi connectivity index (χ1n) is 7.20. The zero-order chi connectivity index (χ0) is 16.0. The molecule has 0 unspecified atom stereocenters. The van der Waals surface area contributed by atoms with Crippen LogP contribution in [0.15, 0.2) is 40.7 Å². The second-order valence-corrected chi connectivity index (χ2v) is 6.23. The van der Waals surface area contributed by atoms with Gasteiger partial charge < -0.3 is 8.98 Å². The van der Waals surface area contributed by atoms with Crippen LogP contribution in [0.1, 0.15) is 17.0 Å². The van der Waals surface area contributed by atoms with Crippen LogP contribution < -0.4 is 5.49 Å². The molecule has 0 radical (unpaired) electrons. The van der Waals surface area contributed by atoms with Crippen LogP contribution in [0.25, 0.3) is 16.2 Å². The summed E-state index contributed by atoms with van der Waals surface area (Å²) in [5.41, 5.74) is 3.33. The minimum Gasteiger partial charge on any atom is -0.467 e. The maximum Gasteiger partial charge on any atom is 0.195 e. The first-order chi connectivity index (χ1) is 11.2. The van der Waals surface area contributed by atoms with E-state index in [2.05, 4.69) is 9.97 Å². The van der Waals surface area contributed by atoms with Gasteiger partial charge in [-0.05, 0) is 31.5 Å². The molecule has 0 aromatic carbocycles. The van der Waals surface area contributed by atoms with Crippen molar-refractivity contribution in [2.45, 2.75) is 20.4 Å². The van der Waals surface area contributed by atoms with Crippen molar-refractivity contribution >= 4 is 22.4 Å². The second kappa shape index (κ2) is 5.20. The summed E-state index contributed by atoms with van der Waals surface area (Å²) in [7, 11) is 0. The third-order valence-corrected chi connectivity index (χ3v) is 4.81. The van der Waals surface area contributed by atoms with Crippen molar-refractivity contribution in [3.05, 3.63) is 58.8 Å². The maximum absolute atomic E-state index is 8.57. The molecule has 23 heavy (non-hydrogen) atoms. The van der Waals surface area contributed by atoms with Gasteiger partial charge in [0.25, 0.3) is 0 Å². The summed E-state index contributed by atoms with van der Waals surface area (Å²) in [4.78, 5) is 8.97. The molecule has 0 aliphatic rings. The molecule has 4 rings (SSSR count). The zero-order valence-electron chi connectivity index (χ0n) is 12.8. The average molecular weight is 325 g/mol. The Hall–Kier alpha value is -2.67. The molecule has 4 heterocycles. The van der Waals surface area contributed by atoms with Crippen molar-refractivity contribution < 1.29 is 4.42 Å². The van der Waals surface area contributed by atoms with Crippen molar-refractivity contribution in [2.75, 3.05) is 0 Å². The number of hydrogen-bond acceptors (Lipinski definition) is 5. The van der Waals surface area contributed by atoms with E-state index in [1.165, 1.54) is 0 Å². The fraction of sp³-hybridized carbons (Fsp3) is 0.188. The zero-order valence-corrected chi connectivity index (χ0v) is 13.6. The number of nitrogens with one attached hydrogen (secondary N) is 1. The minimum absolute atomic E-state index is 0.433. The lowest BCUT2D eigenvalue weighted by molar-refractivity contribution is 0.486. The third kappa shape index (κ3) is 2.12. The smallest absolute Gasteiger partial charge is 0.195 e. The van der Waals surface area contributed by atoms with Crippen LogP contribution in [0.4, 0.5) is 0 Å². The van der Waals surface area contributed by atoms with Crippen LogP contribution in [0.5, 0.6) is 0 Å². The van der Waals surface area contributed by atoms with Gasteiger partial charge in [-0.25, -0.2) is 9.97 Å². The first-order valence-corrected chi connectivity index (χ1v) is 8.08. The van der Waals surface area contributed by atoms with E-state index < -0.39 is 0 Å². The average Bonchev–Trinajstić information content (AvgIpc) is 3.26. The van der Waals surface area contributed by atoms with Crippen LogP contribution in [0.3, 0.4) is 0 Å². The lowest BCUT2D eigenvalue weighted by Crippen LogP contribution is -2.21. The Balaban J connectivity index is 1.95. The molecule has 0 amide bonds. The van der Waals surface area contributed by atoms with Gasteiger partial charge in [-0.2, -0.15) is 0 Å². The summed E-state index contributed by atoms with van der Waals surface area (Å²) >= 11 is 1.56. The number of furan rings is 1. The Bertz CT molecular complexity index is 1020. The minimum atomic E-state index is 0.433. The van der Waals surface area contributed by atoms with E-state index in [4.69, 9.17) is 9.83 Å². The summed E-state index contributed by atoms with van der Waals surface area (Å²) in [5, 5.41) is 12.2. The van der Waals surface area contributed by atoms with E-state index in [1.807, 2.05) is 35.9 Å². The third-order valence-electron chi connectivity index (χ3n) is 4.05. The number of aryl methyl sites for hydroxylation is 1. The predicted octanol–water partition coefficient (Wildman–Crippen LogP) is 3.02. The van der Waals surface area contributed by atoms with Gasteiger partial charge in [-0.1, -0.05) is 0 Å². The summed E-state index contributed by atoms with van der Waals surface area (Å²) in [5.74, 6) is 0.804. The number of thiazole rings is 1. The fourth-order valence-corrected chi connectivity index (χ4v) is 3.46. The molecule has 1 N–H and O–H groups in total. The van der Waals surface area contributed by atoms with Crippen molar-refractivity contribution in [1.29, 1.82) is 5.41 Å². The molecule has 0 atom stereocenters. The van der Waals surface area contributed by atoms with Gasteiger partial charge in [0, 0.05) is 17.3 Å². The first kappa shape index (κ1) is 14.0. The molecule has 0 spiro atoms. The maximum atomic E-state index is 8.57. The topological polar surface area (TPSA) is 72.6 Å². The van der Waals surface area contributed by atoms with E-state index in [0.717, 1.165) is 33.2 Å². The Morgan fingerprint density at radius 3 is 2.87 bits per heavy atom. The Kier molecular flexibility index (Phi) is 3.16. The molecule has 116 valence electrons. The summed E-state index contributed by atoms with van der Waals surface area (Å²) in [6.07, 6.45) is 5.11. The number of aromatic nitrogens is 4. The molecule has 6 nitrogen and oxygen atoms in total. The Morgan fingerprint density at radius 2 is 2.17 bits per heavy atom. The van der Waals surface area contributed by atoms with Gasteiger partial charge in [-0.15, -0.1) is 11.3 Å². The lowest BCUT2D eigenvalue weighted by Gasteiger charge is -2.06. The van der Waals surface area contributed by atoms with E-state index in [-0.39, 0.29) is 0 Å². The molecule has 4 aromatic rings. The van der Waals surface area contributed by atoms with Crippen LogP contribution in [0.2, 0.25) is 0 Å². The van der Waals surface area contributed by atoms with E-state index in [9.17, 15) is 0 Å². The lowest BCUT2D eigenvalue weighted by atomic mass is 10.2. The molecule has 0 saturated heterocycles. The van der Waals surface area contributed by atoms with Crippen LogP contribution in [0, 0.1) is 19.3 Å². The number of nitrogens with zero attached hydrogens (tertiary/aromatic N) is 4. The Labute approximate surface area is 136 Å². The molecule has 4 aromatic heterocycles. The van der Waals surface area contributed by atoms with Crippen molar-refractivity contribution in [3.63, 3.8) is 0 Å². The molecule has 0 aliphatic carbocycles. The Morgan fingerprint density at radius 1 is 1.30 bits per heavy atom. The van der Waals surface area contributed by atoms with Gasteiger partial charge in [0.05, 0.1) is 24.5 Å². The largest absolute Gasteiger partial charge is 0.467 e. The highest BCUT2D eigenvalue weighted by Crippen LogP contribution is 2.25. The van der Waals surface area contributed by atoms with Crippen LogP contribution in [-0.4, -0.2) is 19.1 Å². The van der Waals surface area contributed by atoms with Crippen LogP contribution in [-0.2, 0) is 6.54 Å². The molecular formula is C16H15N5OS. The highest BCUT2D eigenvalue weighted by molar-refractivity contribution is 7.12. The van der Waals surface area contributed by atoms with E-state index >= 15 is 0 Å². The molecule has 7 heteroatoms. The fourth-order valence-electron chi connectivity index (χ4n) is 2.77. The number of hydrogen-bond donors (Lipinski definition) is 1. The number of rotatable bonds is 3. The molecule has 0 saturated carbocycles. The summed E-state index contributed by atoms with van der Waals surface area (Å²) in [6.45, 7) is 4.56. The van der Waals surface area contributed by atoms with Gasteiger partial charge in [0.15, 0.2) is 10.8 Å². The monoisotopic (exact) mass is 325 g/mol. The quantitative estimate of drug-likeness (QED) is 0.629. The standard InChI is InChI=1S/C16H15N5OS/c1-10-11(2)21(16-18-5-7-23-16)15-13(10)14(17)20(9-19-15)8-12-4-3-6-22-12/h3-7,9,17H,8H2,1-2H3. The predicted molar refractivity (Wildman–Crippen MR) is 87.9 cm³/mol. The molecular weight excluding hydrogens is 310 g/mol. The highest BCUT2D eigenvalue weighted by Gasteiger charge is 2.17. The molecule has 0 fully saturated rings. The van der Waals surface area contributed by atoms with Gasteiger partial charge in [0.2, 0.25) is 0 Å². The van der Waals surface area contributed by atoms with Crippen LogP contribution >= 0.6 is 11.3 Å². The molecule has 0 bridgehead atoms. The SMILES string of the molecule is Cc1c(C)n(-c2nccs2)c2ncn(Cc3ccco3)c(=N)c12. The normalized spacial score (nSPS) is 11.4. The highest BCUT2D eigenvalue weighted by atomic mass is 32.1. The second-order valence-electron chi connectivity index (χ2n) is 5.36. The van der Waals surface area contributed by atoms with Gasteiger partial charge >= 0.3 is 0 Å². The number of fused-ring (bicyclic) bond motifs is 1. The summed E-state index contributed by atoms with van der Waals surface area (Å²) < 4.78 is 9.19. The summed E-state index contributed by atoms with van der Waals surface area (Å²) in [6, 6.07) is 3.75. The van der Waals surface area contributed by atoms with Crippen molar-refractivity contribution in [1.82, 2.24) is 19.1 Å². The van der Waals surface area contributed by atoms with Crippen molar-refractivity contribution in [2.24, 2.45) is 0 Å².